The molecule has 0 radical (unpaired) electrons. The molecule has 1 atom stereocenters. The van der Waals surface area contributed by atoms with Gasteiger partial charge >= 0.3 is 5.97 Å². The van der Waals surface area contributed by atoms with E-state index in [0.29, 0.717) is 0 Å². The zero-order chi connectivity index (χ0) is 13.3. The van der Waals surface area contributed by atoms with Crippen LogP contribution in [0.5, 0.6) is 5.75 Å². The third kappa shape index (κ3) is 3.11. The van der Waals surface area contributed by atoms with Gasteiger partial charge in [0, 0.05) is 0 Å². The van der Waals surface area contributed by atoms with E-state index in [2.05, 4.69) is 0 Å². The highest BCUT2D eigenvalue weighted by Crippen LogP contribution is 2.48. The van der Waals surface area contributed by atoms with E-state index in [-0.39, 0.29) is 30.9 Å². The van der Waals surface area contributed by atoms with Gasteiger partial charge < -0.3 is 10.5 Å². The van der Waals surface area contributed by atoms with Gasteiger partial charge in [0.15, 0.2) is 5.75 Å². The molecular weight excluding hydrogens is 331 g/mol. The van der Waals surface area contributed by atoms with Crippen molar-refractivity contribution in [3.05, 3.63) is 25.1 Å². The van der Waals surface area contributed by atoms with Gasteiger partial charge in [0.2, 0.25) is 0 Å². The average Bonchev–Trinajstić information content (AvgIpc) is 2.29. The Balaban J connectivity index is 3.30. The summed E-state index contributed by atoms with van der Waals surface area (Å²) in [6.45, 7) is 1.45. The van der Waals surface area contributed by atoms with Crippen LogP contribution in [-0.4, -0.2) is 12.0 Å². The summed E-state index contributed by atoms with van der Waals surface area (Å²) in [5, 5.41) is -0.297. The average molecular weight is 337 g/mol. The second kappa shape index (κ2) is 5.83. The molecule has 3 nitrogen and oxygen atoms in total. The van der Waals surface area contributed by atoms with Gasteiger partial charge in [-0.25, -0.2) is 4.79 Å². The molecule has 1 aromatic rings. The lowest BCUT2D eigenvalue weighted by molar-refractivity contribution is -0.135. The van der Waals surface area contributed by atoms with Gasteiger partial charge in [0.1, 0.15) is 16.1 Å². The number of nitrogens with two attached hydrogens (primary N) is 1. The molecule has 0 fully saturated rings. The number of carbonyl (C=O) groups excluding carboxylic acids is 1. The summed E-state index contributed by atoms with van der Waals surface area (Å²) in [6.07, 6.45) is 0. The molecule has 17 heavy (non-hydrogen) atoms. The summed E-state index contributed by atoms with van der Waals surface area (Å²) in [5.74, 6) is -0.877. The quantitative estimate of drug-likeness (QED) is 0.381. The Hall–Kier alpha value is 0.1000. The normalized spacial score (nSPS) is 12.4. The van der Waals surface area contributed by atoms with Crippen molar-refractivity contribution in [1.29, 1.82) is 0 Å². The fourth-order valence-electron chi connectivity index (χ4n) is 0.868. The molecule has 0 aliphatic rings. The molecule has 0 aliphatic carbocycles. The molecule has 0 amide bonds. The van der Waals surface area contributed by atoms with Crippen LogP contribution in [0.1, 0.15) is 6.92 Å². The molecule has 0 unspecified atom stereocenters. The predicted octanol–water partition coefficient (Wildman–Crippen LogP) is 4.21. The SMILES string of the molecule is C[C@H](N)C(=O)Oc1c(Cl)c(Cl)c(Cl)c(Cl)c1Cl. The van der Waals surface area contributed by atoms with Crippen LogP contribution in [0, 0.1) is 0 Å². The Kier molecular flexibility index (Phi) is 5.20. The fraction of sp³-hybridized carbons (Fsp3) is 0.222. The number of carbonyl (C=O) groups is 1. The molecule has 0 saturated carbocycles. The minimum atomic E-state index is -0.838. The van der Waals surface area contributed by atoms with E-state index in [9.17, 15) is 4.79 Å². The molecule has 0 aliphatic heterocycles. The highest BCUT2D eigenvalue weighted by molar-refractivity contribution is 6.55. The zero-order valence-corrected chi connectivity index (χ0v) is 12.1. The first-order valence-electron chi connectivity index (χ1n) is 4.26. The summed E-state index contributed by atoms with van der Waals surface area (Å²) in [4.78, 5) is 11.3. The summed E-state index contributed by atoms with van der Waals surface area (Å²) >= 11 is 29.0. The summed E-state index contributed by atoms with van der Waals surface area (Å²) in [7, 11) is 0. The predicted molar refractivity (Wildman–Crippen MR) is 70.8 cm³/mol. The van der Waals surface area contributed by atoms with Gasteiger partial charge in [-0.1, -0.05) is 58.0 Å². The Labute approximate surface area is 123 Å². The number of ether oxygens (including phenoxy) is 1. The summed E-state index contributed by atoms with van der Waals surface area (Å²) in [5.41, 5.74) is 5.34. The van der Waals surface area contributed by atoms with Crippen molar-refractivity contribution in [3.8, 4) is 5.75 Å². The minimum absolute atomic E-state index is 0.0103. The third-order valence-electron chi connectivity index (χ3n) is 1.74. The molecule has 2 N–H and O–H groups in total. The van der Waals surface area contributed by atoms with Crippen LogP contribution >= 0.6 is 58.0 Å². The first-order chi connectivity index (χ1) is 7.77. The molecule has 0 saturated heterocycles. The lowest BCUT2D eigenvalue weighted by Gasteiger charge is -2.13. The van der Waals surface area contributed by atoms with Crippen LogP contribution in [0.25, 0.3) is 0 Å². The smallest absolute Gasteiger partial charge is 0.328 e. The highest BCUT2D eigenvalue weighted by atomic mass is 35.5. The Morgan fingerprint density at radius 1 is 1.00 bits per heavy atom. The van der Waals surface area contributed by atoms with Gasteiger partial charge in [-0.2, -0.15) is 0 Å². The molecule has 0 bridgehead atoms. The topological polar surface area (TPSA) is 52.3 Å². The number of hydrogen-bond acceptors (Lipinski definition) is 3. The van der Waals surface area contributed by atoms with Gasteiger partial charge in [0.25, 0.3) is 0 Å². The second-order valence-corrected chi connectivity index (χ2v) is 5.00. The molecule has 1 rings (SSSR count). The van der Waals surface area contributed by atoms with Crippen molar-refractivity contribution in [1.82, 2.24) is 0 Å². The van der Waals surface area contributed by atoms with Crippen LogP contribution in [0.4, 0.5) is 0 Å². The minimum Gasteiger partial charge on any atom is -0.422 e. The van der Waals surface area contributed by atoms with Crippen LogP contribution in [0.3, 0.4) is 0 Å². The molecule has 94 valence electrons. The van der Waals surface area contributed by atoms with Crippen LogP contribution in [-0.2, 0) is 4.79 Å². The van der Waals surface area contributed by atoms with Crippen molar-refractivity contribution in [2.75, 3.05) is 0 Å². The number of rotatable bonds is 2. The van der Waals surface area contributed by atoms with Crippen molar-refractivity contribution in [3.63, 3.8) is 0 Å². The molecular formula is C9H6Cl5NO2. The Morgan fingerprint density at radius 3 is 1.71 bits per heavy atom. The van der Waals surface area contributed by atoms with Crippen LogP contribution < -0.4 is 10.5 Å². The van der Waals surface area contributed by atoms with Crippen molar-refractivity contribution >= 4 is 64.0 Å². The van der Waals surface area contributed by atoms with Crippen molar-refractivity contribution < 1.29 is 9.53 Å². The monoisotopic (exact) mass is 335 g/mol. The van der Waals surface area contributed by atoms with E-state index in [4.69, 9.17) is 68.5 Å². The van der Waals surface area contributed by atoms with Gasteiger partial charge in [-0.3, -0.25) is 0 Å². The molecule has 1 aromatic carbocycles. The number of halogens is 5. The third-order valence-corrected chi connectivity index (χ3v) is 3.99. The Bertz CT molecular complexity index is 446. The maximum absolute atomic E-state index is 11.3. The number of esters is 1. The lowest BCUT2D eigenvalue weighted by Crippen LogP contribution is -2.31. The first-order valence-corrected chi connectivity index (χ1v) is 6.15. The standard InChI is InChI=1S/C9H6Cl5NO2/c1-2(15)9(16)17-8-6(13)4(11)3(10)5(12)7(8)14/h2H,15H2,1H3/t2-/m0/s1. The number of benzene rings is 1. The number of hydrogen-bond donors (Lipinski definition) is 1. The first kappa shape index (κ1) is 15.2. The molecule has 0 spiro atoms. The highest BCUT2D eigenvalue weighted by Gasteiger charge is 2.23. The van der Waals surface area contributed by atoms with Crippen molar-refractivity contribution in [2.24, 2.45) is 5.73 Å². The maximum Gasteiger partial charge on any atom is 0.328 e. The van der Waals surface area contributed by atoms with Gasteiger partial charge in [-0.15, -0.1) is 0 Å². The zero-order valence-electron chi connectivity index (χ0n) is 8.36. The van der Waals surface area contributed by atoms with E-state index in [1.54, 1.807) is 0 Å². The Morgan fingerprint density at radius 2 is 1.35 bits per heavy atom. The van der Waals surface area contributed by atoms with E-state index in [1.807, 2.05) is 0 Å². The van der Waals surface area contributed by atoms with Gasteiger partial charge in [-0.05, 0) is 6.92 Å². The largest absolute Gasteiger partial charge is 0.422 e. The maximum atomic E-state index is 11.3. The second-order valence-electron chi connectivity index (χ2n) is 3.11. The fourth-order valence-corrected chi connectivity index (χ4v) is 2.07. The van der Waals surface area contributed by atoms with Crippen LogP contribution in [0.2, 0.25) is 25.1 Å². The van der Waals surface area contributed by atoms with Gasteiger partial charge in [0.05, 0.1) is 15.1 Å². The van der Waals surface area contributed by atoms with E-state index < -0.39 is 12.0 Å². The molecule has 8 heteroatoms. The van der Waals surface area contributed by atoms with Crippen molar-refractivity contribution in [2.45, 2.75) is 13.0 Å². The summed E-state index contributed by atoms with van der Waals surface area (Å²) < 4.78 is 4.90. The lowest BCUT2D eigenvalue weighted by atomic mass is 10.3. The molecule has 0 aromatic heterocycles. The van der Waals surface area contributed by atoms with E-state index in [0.717, 1.165) is 0 Å². The van der Waals surface area contributed by atoms with E-state index >= 15 is 0 Å². The molecule has 0 heterocycles. The van der Waals surface area contributed by atoms with Crippen LogP contribution in [0.15, 0.2) is 0 Å². The van der Waals surface area contributed by atoms with E-state index in [1.165, 1.54) is 6.92 Å². The summed E-state index contributed by atoms with van der Waals surface area (Å²) in [6, 6.07) is -0.838.